The molecular weight excluding hydrogens is 336 g/mol. The lowest BCUT2D eigenvalue weighted by Crippen LogP contribution is -2.05. The van der Waals surface area contributed by atoms with Crippen LogP contribution in [0.2, 0.25) is 5.02 Å². The van der Waals surface area contributed by atoms with Gasteiger partial charge in [-0.1, -0.05) is 70.9 Å². The van der Waals surface area contributed by atoms with Gasteiger partial charge in [-0.25, -0.2) is 0 Å². The van der Waals surface area contributed by atoms with E-state index in [0.717, 1.165) is 22.8 Å². The molecule has 2 aromatic carbocycles. The molecule has 0 radical (unpaired) electrons. The van der Waals surface area contributed by atoms with E-state index in [4.69, 9.17) is 16.3 Å². The third-order valence-corrected chi connectivity index (χ3v) is 4.98. The van der Waals surface area contributed by atoms with Gasteiger partial charge in [-0.15, -0.1) is 0 Å². The zero-order valence-corrected chi connectivity index (χ0v) is 14.0. The predicted octanol–water partition coefficient (Wildman–Crippen LogP) is 5.98. The van der Waals surface area contributed by atoms with Crippen LogP contribution in [0.4, 0.5) is 0 Å². The van der Waals surface area contributed by atoms with Crippen molar-refractivity contribution < 1.29 is 4.74 Å². The first kappa shape index (κ1) is 15.4. The van der Waals surface area contributed by atoms with Crippen molar-refractivity contribution >= 4 is 27.5 Å². The summed E-state index contributed by atoms with van der Waals surface area (Å²) in [5, 5.41) is 0.737. The van der Waals surface area contributed by atoms with E-state index in [0.29, 0.717) is 5.92 Å². The largest absolute Gasteiger partial charge is 0.497 e. The summed E-state index contributed by atoms with van der Waals surface area (Å²) >= 11 is 10.2. The van der Waals surface area contributed by atoms with Crippen molar-refractivity contribution in [3.8, 4) is 5.75 Å². The minimum Gasteiger partial charge on any atom is -0.497 e. The van der Waals surface area contributed by atoms with E-state index in [1.54, 1.807) is 7.11 Å². The van der Waals surface area contributed by atoms with Gasteiger partial charge in [-0.3, -0.25) is 0 Å². The third kappa shape index (κ3) is 3.36. The van der Waals surface area contributed by atoms with Gasteiger partial charge in [0, 0.05) is 15.8 Å². The van der Waals surface area contributed by atoms with Crippen molar-refractivity contribution in [3.63, 3.8) is 0 Å². The molecule has 0 aliphatic carbocycles. The zero-order chi connectivity index (χ0) is 14.5. The van der Waals surface area contributed by atoms with Gasteiger partial charge in [0.1, 0.15) is 5.75 Å². The fourth-order valence-corrected chi connectivity index (χ4v) is 3.89. The van der Waals surface area contributed by atoms with Gasteiger partial charge in [0.2, 0.25) is 0 Å². The van der Waals surface area contributed by atoms with Crippen LogP contribution >= 0.6 is 27.5 Å². The van der Waals surface area contributed by atoms with Crippen LogP contribution in [0.3, 0.4) is 0 Å². The van der Waals surface area contributed by atoms with Crippen molar-refractivity contribution in [2.24, 2.45) is 0 Å². The van der Waals surface area contributed by atoms with Gasteiger partial charge < -0.3 is 4.74 Å². The standard InChI is InChI=1S/C17H18BrClO/c1-3-14(12-7-5-4-6-8-12)17(18)15-10-9-13(20-2)11-16(15)19/h4-11,14,17H,3H2,1-2H3. The Balaban J connectivity index is 2.31. The van der Waals surface area contributed by atoms with Gasteiger partial charge in [0.05, 0.1) is 7.11 Å². The summed E-state index contributed by atoms with van der Waals surface area (Å²) in [6, 6.07) is 16.4. The maximum Gasteiger partial charge on any atom is 0.120 e. The molecule has 2 atom stereocenters. The number of rotatable bonds is 5. The van der Waals surface area contributed by atoms with Crippen LogP contribution in [0.15, 0.2) is 48.5 Å². The van der Waals surface area contributed by atoms with Crippen LogP contribution in [0.25, 0.3) is 0 Å². The predicted molar refractivity (Wildman–Crippen MR) is 89.1 cm³/mol. The van der Waals surface area contributed by atoms with Crippen LogP contribution in [0, 0.1) is 0 Å². The smallest absolute Gasteiger partial charge is 0.120 e. The average molecular weight is 354 g/mol. The molecule has 0 heterocycles. The van der Waals surface area contributed by atoms with Crippen molar-refractivity contribution in [3.05, 3.63) is 64.7 Å². The SMILES string of the molecule is CCC(c1ccccc1)C(Br)c1ccc(OC)cc1Cl. The van der Waals surface area contributed by atoms with Crippen LogP contribution in [0.1, 0.15) is 35.2 Å². The topological polar surface area (TPSA) is 9.23 Å². The van der Waals surface area contributed by atoms with E-state index in [1.165, 1.54) is 5.56 Å². The van der Waals surface area contributed by atoms with Gasteiger partial charge in [0.25, 0.3) is 0 Å². The van der Waals surface area contributed by atoms with E-state index in [9.17, 15) is 0 Å². The Morgan fingerprint density at radius 2 is 1.85 bits per heavy atom. The Hall–Kier alpha value is -0.990. The molecule has 0 N–H and O–H groups in total. The highest BCUT2D eigenvalue weighted by Gasteiger charge is 2.22. The first-order valence-corrected chi connectivity index (χ1v) is 7.99. The Labute approximate surface area is 134 Å². The summed E-state index contributed by atoms with van der Waals surface area (Å²) in [5.74, 6) is 1.17. The minimum absolute atomic E-state index is 0.188. The second kappa shape index (κ2) is 7.14. The average Bonchev–Trinajstić information content (AvgIpc) is 2.48. The molecule has 0 fully saturated rings. The highest BCUT2D eigenvalue weighted by Crippen LogP contribution is 2.43. The van der Waals surface area contributed by atoms with Crippen LogP contribution in [0.5, 0.6) is 5.75 Å². The Bertz CT molecular complexity index is 556. The first-order chi connectivity index (χ1) is 9.67. The maximum atomic E-state index is 6.38. The van der Waals surface area contributed by atoms with Crippen LogP contribution in [-0.2, 0) is 0 Å². The number of halogens is 2. The maximum absolute atomic E-state index is 6.38. The van der Waals surface area contributed by atoms with Crippen LogP contribution < -0.4 is 4.74 Å². The number of hydrogen-bond donors (Lipinski definition) is 0. The summed E-state index contributed by atoms with van der Waals surface area (Å²) in [6.45, 7) is 2.20. The molecule has 0 aliphatic rings. The number of ether oxygens (including phenoxy) is 1. The quantitative estimate of drug-likeness (QED) is 0.601. The molecule has 0 spiro atoms. The molecule has 0 saturated carbocycles. The third-order valence-electron chi connectivity index (χ3n) is 3.53. The first-order valence-electron chi connectivity index (χ1n) is 6.69. The molecule has 2 aromatic rings. The van der Waals surface area contributed by atoms with Crippen molar-refractivity contribution in [1.29, 1.82) is 0 Å². The van der Waals surface area contributed by atoms with Crippen molar-refractivity contribution in [2.75, 3.05) is 7.11 Å². The molecular formula is C17H18BrClO. The summed E-state index contributed by atoms with van der Waals surface area (Å²) < 4.78 is 5.20. The van der Waals surface area contributed by atoms with Crippen molar-refractivity contribution in [1.82, 2.24) is 0 Å². The number of alkyl halides is 1. The zero-order valence-electron chi connectivity index (χ0n) is 11.6. The van der Waals surface area contributed by atoms with Gasteiger partial charge in [0.15, 0.2) is 0 Å². The lowest BCUT2D eigenvalue weighted by Gasteiger charge is -2.23. The molecule has 2 unspecified atom stereocenters. The summed E-state index contributed by atoms with van der Waals surface area (Å²) in [5.41, 5.74) is 2.42. The Morgan fingerprint density at radius 1 is 1.15 bits per heavy atom. The van der Waals surface area contributed by atoms with E-state index in [1.807, 2.05) is 24.3 Å². The number of hydrogen-bond acceptors (Lipinski definition) is 1. The number of methoxy groups -OCH3 is 1. The molecule has 3 heteroatoms. The lowest BCUT2D eigenvalue weighted by atomic mass is 9.90. The Kier molecular flexibility index (Phi) is 5.50. The minimum atomic E-state index is 0.188. The summed E-state index contributed by atoms with van der Waals surface area (Å²) in [7, 11) is 1.65. The van der Waals surface area contributed by atoms with E-state index in [2.05, 4.69) is 47.1 Å². The number of benzene rings is 2. The second-order valence-electron chi connectivity index (χ2n) is 4.71. The van der Waals surface area contributed by atoms with E-state index in [-0.39, 0.29) is 4.83 Å². The van der Waals surface area contributed by atoms with Gasteiger partial charge in [-0.2, -0.15) is 0 Å². The highest BCUT2D eigenvalue weighted by molar-refractivity contribution is 9.09. The van der Waals surface area contributed by atoms with Crippen molar-refractivity contribution in [2.45, 2.75) is 24.1 Å². The molecule has 0 bridgehead atoms. The molecule has 0 amide bonds. The summed E-state index contributed by atoms with van der Waals surface area (Å²) in [4.78, 5) is 0.188. The fraction of sp³-hybridized carbons (Fsp3) is 0.294. The van der Waals surface area contributed by atoms with Gasteiger partial charge in [-0.05, 0) is 29.7 Å². The second-order valence-corrected chi connectivity index (χ2v) is 6.11. The molecule has 1 nitrogen and oxygen atoms in total. The molecule has 2 rings (SSSR count). The van der Waals surface area contributed by atoms with Gasteiger partial charge >= 0.3 is 0 Å². The molecule has 0 aromatic heterocycles. The van der Waals surface area contributed by atoms with Crippen LogP contribution in [-0.4, -0.2) is 7.11 Å². The fourth-order valence-electron chi connectivity index (χ4n) is 2.39. The highest BCUT2D eigenvalue weighted by atomic mass is 79.9. The molecule has 0 aliphatic heterocycles. The Morgan fingerprint density at radius 3 is 2.40 bits per heavy atom. The van der Waals surface area contributed by atoms with E-state index < -0.39 is 0 Å². The summed E-state index contributed by atoms with van der Waals surface area (Å²) in [6.07, 6.45) is 1.04. The molecule has 106 valence electrons. The molecule has 0 saturated heterocycles. The lowest BCUT2D eigenvalue weighted by molar-refractivity contribution is 0.414. The normalized spacial score (nSPS) is 13.8. The monoisotopic (exact) mass is 352 g/mol. The van der Waals surface area contributed by atoms with E-state index >= 15 is 0 Å². The molecule has 20 heavy (non-hydrogen) atoms.